The first kappa shape index (κ1) is 13.3. The number of aromatic nitrogens is 2. The highest BCUT2D eigenvalue weighted by Gasteiger charge is 2.01. The van der Waals surface area contributed by atoms with Gasteiger partial charge in [0.1, 0.15) is 11.5 Å². The Labute approximate surface area is 112 Å². The second kappa shape index (κ2) is 6.70. The monoisotopic (exact) mass is 259 g/mol. The summed E-state index contributed by atoms with van der Waals surface area (Å²) in [4.78, 5) is 8.33. The fourth-order valence-corrected chi connectivity index (χ4v) is 1.51. The van der Waals surface area contributed by atoms with E-state index in [1.54, 1.807) is 19.5 Å². The largest absolute Gasteiger partial charge is 0.497 e. The van der Waals surface area contributed by atoms with Crippen molar-refractivity contribution in [3.63, 3.8) is 0 Å². The molecule has 0 spiro atoms. The van der Waals surface area contributed by atoms with Gasteiger partial charge in [0.15, 0.2) is 0 Å². The van der Waals surface area contributed by atoms with Gasteiger partial charge in [-0.3, -0.25) is 0 Å². The summed E-state index contributed by atoms with van der Waals surface area (Å²) in [5, 5.41) is 3.21. The fourth-order valence-electron chi connectivity index (χ4n) is 1.51. The number of nitrogens with one attached hydrogen (secondary N) is 1. The zero-order chi connectivity index (χ0) is 13.5. The number of nitrogens with zero attached hydrogens (tertiary/aromatic N) is 2. The molecule has 0 fully saturated rings. The molecule has 1 heterocycles. The average molecular weight is 259 g/mol. The molecule has 0 aliphatic heterocycles. The van der Waals surface area contributed by atoms with Crippen molar-refractivity contribution in [1.82, 2.24) is 15.3 Å². The van der Waals surface area contributed by atoms with E-state index in [0.717, 1.165) is 24.4 Å². The molecule has 1 aromatic carbocycles. The maximum Gasteiger partial charge on any atom is 0.321 e. The van der Waals surface area contributed by atoms with E-state index >= 15 is 0 Å². The van der Waals surface area contributed by atoms with Crippen LogP contribution in [0.4, 0.5) is 0 Å². The van der Waals surface area contributed by atoms with Crippen LogP contribution in [-0.2, 0) is 6.54 Å². The SMILES string of the molecule is CCNCc1cnc(Oc2ccc(OC)cc2)nc1. The number of rotatable bonds is 6. The highest BCUT2D eigenvalue weighted by atomic mass is 16.5. The Morgan fingerprint density at radius 3 is 2.26 bits per heavy atom. The van der Waals surface area contributed by atoms with Crippen LogP contribution in [0, 0.1) is 0 Å². The molecule has 1 aromatic heterocycles. The third kappa shape index (κ3) is 3.93. The van der Waals surface area contributed by atoms with E-state index in [1.165, 1.54) is 0 Å². The molecular weight excluding hydrogens is 242 g/mol. The molecule has 2 aromatic rings. The van der Waals surface area contributed by atoms with Crippen LogP contribution < -0.4 is 14.8 Å². The first-order chi connectivity index (χ1) is 9.31. The van der Waals surface area contributed by atoms with Crippen LogP contribution >= 0.6 is 0 Å². The van der Waals surface area contributed by atoms with E-state index in [-0.39, 0.29) is 0 Å². The molecule has 0 aliphatic carbocycles. The fraction of sp³-hybridized carbons (Fsp3) is 0.286. The summed E-state index contributed by atoms with van der Waals surface area (Å²) in [6.45, 7) is 3.74. The van der Waals surface area contributed by atoms with Crippen LogP contribution in [0.2, 0.25) is 0 Å². The van der Waals surface area contributed by atoms with Crippen molar-refractivity contribution in [2.75, 3.05) is 13.7 Å². The minimum Gasteiger partial charge on any atom is -0.497 e. The molecule has 0 saturated carbocycles. The molecule has 2 rings (SSSR count). The van der Waals surface area contributed by atoms with Gasteiger partial charge in [-0.05, 0) is 30.8 Å². The van der Waals surface area contributed by atoms with Gasteiger partial charge in [0.05, 0.1) is 7.11 Å². The molecule has 0 amide bonds. The molecule has 100 valence electrons. The van der Waals surface area contributed by atoms with Crippen molar-refractivity contribution < 1.29 is 9.47 Å². The summed E-state index contributed by atoms with van der Waals surface area (Å²) >= 11 is 0. The first-order valence-corrected chi connectivity index (χ1v) is 6.15. The molecule has 5 nitrogen and oxygen atoms in total. The summed E-state index contributed by atoms with van der Waals surface area (Å²) in [6.07, 6.45) is 3.52. The van der Waals surface area contributed by atoms with E-state index in [2.05, 4.69) is 22.2 Å². The molecule has 0 radical (unpaired) electrons. The summed E-state index contributed by atoms with van der Waals surface area (Å²) < 4.78 is 10.6. The van der Waals surface area contributed by atoms with Gasteiger partial charge < -0.3 is 14.8 Å². The molecule has 0 atom stereocenters. The normalized spacial score (nSPS) is 10.2. The second-order valence-electron chi connectivity index (χ2n) is 3.93. The third-order valence-corrected chi connectivity index (χ3v) is 2.53. The van der Waals surface area contributed by atoms with Gasteiger partial charge in [-0.1, -0.05) is 6.92 Å². The van der Waals surface area contributed by atoms with Crippen LogP contribution in [0.1, 0.15) is 12.5 Å². The van der Waals surface area contributed by atoms with Crippen molar-refractivity contribution in [1.29, 1.82) is 0 Å². The van der Waals surface area contributed by atoms with Gasteiger partial charge in [-0.25, -0.2) is 9.97 Å². The van der Waals surface area contributed by atoms with Crippen LogP contribution in [0.25, 0.3) is 0 Å². The quantitative estimate of drug-likeness (QED) is 0.863. The lowest BCUT2D eigenvalue weighted by atomic mass is 10.3. The van der Waals surface area contributed by atoms with E-state index in [1.807, 2.05) is 24.3 Å². The van der Waals surface area contributed by atoms with Crippen LogP contribution in [0.15, 0.2) is 36.7 Å². The third-order valence-electron chi connectivity index (χ3n) is 2.53. The Morgan fingerprint density at radius 2 is 1.68 bits per heavy atom. The summed E-state index contributed by atoms with van der Waals surface area (Å²) in [7, 11) is 1.63. The maximum atomic E-state index is 5.54. The van der Waals surface area contributed by atoms with Crippen molar-refractivity contribution in [2.45, 2.75) is 13.5 Å². The highest BCUT2D eigenvalue weighted by molar-refractivity contribution is 5.32. The van der Waals surface area contributed by atoms with Crippen LogP contribution in [0.5, 0.6) is 17.5 Å². The number of benzene rings is 1. The lowest BCUT2D eigenvalue weighted by Crippen LogP contribution is -2.12. The molecular formula is C14H17N3O2. The van der Waals surface area contributed by atoms with Gasteiger partial charge in [0.2, 0.25) is 0 Å². The Morgan fingerprint density at radius 1 is 1.05 bits per heavy atom. The number of methoxy groups -OCH3 is 1. The van der Waals surface area contributed by atoms with Gasteiger partial charge in [0, 0.05) is 24.5 Å². The van der Waals surface area contributed by atoms with Crippen LogP contribution in [-0.4, -0.2) is 23.6 Å². The van der Waals surface area contributed by atoms with Gasteiger partial charge in [-0.15, -0.1) is 0 Å². The second-order valence-corrected chi connectivity index (χ2v) is 3.93. The highest BCUT2D eigenvalue weighted by Crippen LogP contribution is 2.20. The van der Waals surface area contributed by atoms with Gasteiger partial charge in [-0.2, -0.15) is 0 Å². The Balaban J connectivity index is 1.98. The van der Waals surface area contributed by atoms with Gasteiger partial charge in [0.25, 0.3) is 0 Å². The molecule has 5 heteroatoms. The van der Waals surface area contributed by atoms with E-state index in [0.29, 0.717) is 11.8 Å². The first-order valence-electron chi connectivity index (χ1n) is 6.15. The Kier molecular flexibility index (Phi) is 4.69. The van der Waals surface area contributed by atoms with E-state index in [4.69, 9.17) is 9.47 Å². The molecule has 19 heavy (non-hydrogen) atoms. The zero-order valence-electron chi connectivity index (χ0n) is 11.1. The lowest BCUT2D eigenvalue weighted by molar-refractivity contribution is 0.410. The topological polar surface area (TPSA) is 56.3 Å². The molecule has 1 N–H and O–H groups in total. The van der Waals surface area contributed by atoms with Crippen LogP contribution in [0.3, 0.4) is 0 Å². The predicted octanol–water partition coefficient (Wildman–Crippen LogP) is 2.39. The summed E-state index contributed by atoms with van der Waals surface area (Å²) in [5.74, 6) is 1.47. The number of hydrogen-bond acceptors (Lipinski definition) is 5. The molecule has 0 saturated heterocycles. The number of ether oxygens (including phenoxy) is 2. The maximum absolute atomic E-state index is 5.54. The van der Waals surface area contributed by atoms with Crippen molar-refractivity contribution in [3.05, 3.63) is 42.2 Å². The minimum atomic E-state index is 0.338. The standard InChI is InChI=1S/C14H17N3O2/c1-3-15-8-11-9-16-14(17-10-11)19-13-6-4-12(18-2)5-7-13/h4-7,9-10,15H,3,8H2,1-2H3. The summed E-state index contributed by atoms with van der Waals surface area (Å²) in [5.41, 5.74) is 1.03. The molecule has 0 unspecified atom stereocenters. The average Bonchev–Trinajstić information content (AvgIpc) is 2.47. The summed E-state index contributed by atoms with van der Waals surface area (Å²) in [6, 6.07) is 7.62. The minimum absolute atomic E-state index is 0.338. The van der Waals surface area contributed by atoms with Crippen molar-refractivity contribution in [3.8, 4) is 17.5 Å². The van der Waals surface area contributed by atoms with E-state index < -0.39 is 0 Å². The lowest BCUT2D eigenvalue weighted by Gasteiger charge is -2.05. The van der Waals surface area contributed by atoms with E-state index in [9.17, 15) is 0 Å². The smallest absolute Gasteiger partial charge is 0.321 e. The predicted molar refractivity (Wildman–Crippen MR) is 72.5 cm³/mol. The number of hydrogen-bond donors (Lipinski definition) is 1. The Bertz CT molecular complexity index is 497. The Hall–Kier alpha value is -2.14. The zero-order valence-corrected chi connectivity index (χ0v) is 11.1. The molecule has 0 bridgehead atoms. The van der Waals surface area contributed by atoms with Crippen molar-refractivity contribution >= 4 is 0 Å². The van der Waals surface area contributed by atoms with Crippen molar-refractivity contribution in [2.24, 2.45) is 0 Å². The van der Waals surface area contributed by atoms with Gasteiger partial charge >= 0.3 is 6.01 Å². The molecule has 0 aliphatic rings.